The van der Waals surface area contributed by atoms with Crippen molar-refractivity contribution in [1.29, 1.82) is 0 Å². The van der Waals surface area contributed by atoms with E-state index in [9.17, 15) is 13.6 Å². The maximum Gasteiger partial charge on any atom is 0.229 e. The molecule has 5 nitrogen and oxygen atoms in total. The van der Waals surface area contributed by atoms with Crippen molar-refractivity contribution in [3.05, 3.63) is 65.7 Å². The molecule has 0 bridgehead atoms. The standard InChI is InChI=1S/C18H17F2N3O2/c1-18(11-16(24)21-13-7-5-6-12(19)10-13)22-17(23(2)25-18)14-8-3-4-9-15(14)20/h3-10H,11H2,1-2H3,(H,21,24). The van der Waals surface area contributed by atoms with Gasteiger partial charge in [-0.1, -0.05) is 18.2 Å². The molecule has 0 aliphatic carbocycles. The Labute approximate surface area is 143 Å². The molecule has 2 aromatic rings. The third-order valence-corrected chi connectivity index (χ3v) is 3.69. The van der Waals surface area contributed by atoms with Gasteiger partial charge in [-0.3, -0.25) is 4.79 Å². The lowest BCUT2D eigenvalue weighted by Crippen LogP contribution is -2.32. The summed E-state index contributed by atoms with van der Waals surface area (Å²) in [5, 5.41) is 3.94. The van der Waals surface area contributed by atoms with Gasteiger partial charge in [0.25, 0.3) is 0 Å². The van der Waals surface area contributed by atoms with Crippen LogP contribution in [0.5, 0.6) is 0 Å². The van der Waals surface area contributed by atoms with E-state index in [0.29, 0.717) is 17.1 Å². The summed E-state index contributed by atoms with van der Waals surface area (Å²) in [6.07, 6.45) is -0.105. The topological polar surface area (TPSA) is 53.9 Å². The first-order valence-corrected chi connectivity index (χ1v) is 7.69. The van der Waals surface area contributed by atoms with E-state index in [2.05, 4.69) is 10.3 Å². The van der Waals surface area contributed by atoms with Gasteiger partial charge in [-0.2, -0.15) is 0 Å². The van der Waals surface area contributed by atoms with Crippen LogP contribution in [0.25, 0.3) is 0 Å². The van der Waals surface area contributed by atoms with Gasteiger partial charge in [-0.25, -0.2) is 23.7 Å². The normalized spacial score (nSPS) is 19.7. The van der Waals surface area contributed by atoms with Crippen LogP contribution in [0.3, 0.4) is 0 Å². The molecule has 2 aromatic carbocycles. The first kappa shape index (κ1) is 17.0. The first-order chi connectivity index (χ1) is 11.9. The summed E-state index contributed by atoms with van der Waals surface area (Å²) in [6, 6.07) is 11.8. The Kier molecular flexibility index (Phi) is 4.50. The molecule has 130 valence electrons. The van der Waals surface area contributed by atoms with Gasteiger partial charge in [-0.05, 0) is 37.3 Å². The fourth-order valence-electron chi connectivity index (χ4n) is 2.67. The van der Waals surface area contributed by atoms with Gasteiger partial charge in [0, 0.05) is 12.7 Å². The number of carbonyl (C=O) groups excluding carboxylic acids is 1. The molecule has 7 heteroatoms. The molecule has 0 spiro atoms. The van der Waals surface area contributed by atoms with E-state index in [4.69, 9.17) is 4.84 Å². The van der Waals surface area contributed by atoms with Crippen molar-refractivity contribution in [2.45, 2.75) is 19.1 Å². The molecule has 1 unspecified atom stereocenters. The quantitative estimate of drug-likeness (QED) is 0.925. The second kappa shape index (κ2) is 6.60. The first-order valence-electron chi connectivity index (χ1n) is 7.69. The van der Waals surface area contributed by atoms with Crippen LogP contribution < -0.4 is 5.32 Å². The highest BCUT2D eigenvalue weighted by molar-refractivity contribution is 5.99. The van der Waals surface area contributed by atoms with Gasteiger partial charge in [0.05, 0.1) is 12.0 Å². The fourth-order valence-corrected chi connectivity index (χ4v) is 2.67. The Morgan fingerprint density at radius 3 is 2.72 bits per heavy atom. The van der Waals surface area contributed by atoms with Crippen LogP contribution in [0.1, 0.15) is 18.9 Å². The van der Waals surface area contributed by atoms with Crippen molar-refractivity contribution >= 4 is 17.4 Å². The number of hydrogen-bond acceptors (Lipinski definition) is 4. The highest BCUT2D eigenvalue weighted by Crippen LogP contribution is 2.29. The number of carbonyl (C=O) groups is 1. The number of amidine groups is 1. The van der Waals surface area contributed by atoms with E-state index >= 15 is 0 Å². The number of nitrogens with one attached hydrogen (secondary N) is 1. The zero-order chi connectivity index (χ0) is 18.0. The molecular formula is C18H17F2N3O2. The molecule has 1 heterocycles. The zero-order valence-electron chi connectivity index (χ0n) is 13.8. The predicted molar refractivity (Wildman–Crippen MR) is 89.8 cm³/mol. The van der Waals surface area contributed by atoms with Gasteiger partial charge in [-0.15, -0.1) is 0 Å². The lowest BCUT2D eigenvalue weighted by molar-refractivity contribution is -0.164. The van der Waals surface area contributed by atoms with Crippen molar-refractivity contribution in [3.8, 4) is 0 Å². The van der Waals surface area contributed by atoms with Crippen LogP contribution in [-0.4, -0.2) is 29.6 Å². The summed E-state index contributed by atoms with van der Waals surface area (Å²) in [4.78, 5) is 22.2. The second-order valence-corrected chi connectivity index (χ2v) is 5.91. The van der Waals surface area contributed by atoms with Gasteiger partial charge in [0.2, 0.25) is 5.91 Å². The van der Waals surface area contributed by atoms with Crippen LogP contribution in [0.4, 0.5) is 14.5 Å². The molecule has 0 fully saturated rings. The van der Waals surface area contributed by atoms with Crippen LogP contribution in [-0.2, 0) is 9.63 Å². The van der Waals surface area contributed by atoms with Crippen LogP contribution in [0.2, 0.25) is 0 Å². The lowest BCUT2D eigenvalue weighted by Gasteiger charge is -2.21. The van der Waals surface area contributed by atoms with Crippen molar-refractivity contribution in [1.82, 2.24) is 5.06 Å². The number of hydroxylamine groups is 2. The average molecular weight is 345 g/mol. The Morgan fingerprint density at radius 2 is 2.00 bits per heavy atom. The molecule has 1 aliphatic heterocycles. The summed E-state index contributed by atoms with van der Waals surface area (Å²) in [5.74, 6) is -0.954. The Hall–Kier alpha value is -2.80. The third kappa shape index (κ3) is 3.83. The molecule has 1 N–H and O–H groups in total. The van der Waals surface area contributed by atoms with E-state index in [-0.39, 0.29) is 12.3 Å². The van der Waals surface area contributed by atoms with E-state index in [1.165, 1.54) is 29.3 Å². The molecule has 0 radical (unpaired) electrons. The summed E-state index contributed by atoms with van der Waals surface area (Å²) < 4.78 is 27.2. The summed E-state index contributed by atoms with van der Waals surface area (Å²) in [6.45, 7) is 1.63. The number of aliphatic imine (C=N–C) groups is 1. The molecule has 0 saturated heterocycles. The maximum atomic E-state index is 14.0. The van der Waals surface area contributed by atoms with E-state index in [1.807, 2.05) is 0 Å². The minimum absolute atomic E-state index is 0.105. The minimum atomic E-state index is -1.18. The van der Waals surface area contributed by atoms with E-state index in [1.54, 1.807) is 38.2 Å². The number of hydrogen-bond donors (Lipinski definition) is 1. The zero-order valence-corrected chi connectivity index (χ0v) is 13.8. The largest absolute Gasteiger partial charge is 0.326 e. The van der Waals surface area contributed by atoms with Gasteiger partial charge >= 0.3 is 0 Å². The maximum absolute atomic E-state index is 14.0. The molecule has 1 aliphatic rings. The number of rotatable bonds is 4. The summed E-state index contributed by atoms with van der Waals surface area (Å²) >= 11 is 0. The molecule has 1 atom stereocenters. The highest BCUT2D eigenvalue weighted by Gasteiger charge is 2.38. The molecule has 3 rings (SSSR count). The molecular weight excluding hydrogens is 328 g/mol. The van der Waals surface area contributed by atoms with Gasteiger partial charge < -0.3 is 5.32 Å². The molecule has 1 amide bonds. The van der Waals surface area contributed by atoms with Crippen molar-refractivity contribution in [3.63, 3.8) is 0 Å². The predicted octanol–water partition coefficient (Wildman–Crippen LogP) is 3.33. The number of halogens is 2. The van der Waals surface area contributed by atoms with Gasteiger partial charge in [0.15, 0.2) is 11.6 Å². The third-order valence-electron chi connectivity index (χ3n) is 3.69. The number of anilines is 1. The number of benzene rings is 2. The number of amides is 1. The number of nitrogens with zero attached hydrogens (tertiary/aromatic N) is 2. The second-order valence-electron chi connectivity index (χ2n) is 5.91. The molecule has 0 saturated carbocycles. The highest BCUT2D eigenvalue weighted by atomic mass is 19.1. The Morgan fingerprint density at radius 1 is 1.24 bits per heavy atom. The minimum Gasteiger partial charge on any atom is -0.326 e. The molecule has 0 aromatic heterocycles. The van der Waals surface area contributed by atoms with Crippen LogP contribution in [0.15, 0.2) is 53.5 Å². The van der Waals surface area contributed by atoms with Crippen molar-refractivity contribution < 1.29 is 18.4 Å². The molecule has 25 heavy (non-hydrogen) atoms. The SMILES string of the molecule is CN1OC(C)(CC(=O)Nc2cccc(F)c2)N=C1c1ccccc1F. The summed E-state index contributed by atoms with van der Waals surface area (Å²) in [7, 11) is 1.60. The average Bonchev–Trinajstić information content (AvgIpc) is 2.82. The van der Waals surface area contributed by atoms with Crippen LogP contribution in [0, 0.1) is 11.6 Å². The van der Waals surface area contributed by atoms with Crippen molar-refractivity contribution in [2.24, 2.45) is 4.99 Å². The van der Waals surface area contributed by atoms with Crippen molar-refractivity contribution in [2.75, 3.05) is 12.4 Å². The van der Waals surface area contributed by atoms with E-state index < -0.39 is 17.4 Å². The Bertz CT molecular complexity index is 841. The van der Waals surface area contributed by atoms with Crippen LogP contribution >= 0.6 is 0 Å². The van der Waals surface area contributed by atoms with E-state index in [0.717, 1.165) is 0 Å². The summed E-state index contributed by atoms with van der Waals surface area (Å²) in [5.41, 5.74) is -0.540. The Balaban J connectivity index is 1.76. The lowest BCUT2D eigenvalue weighted by atomic mass is 10.1. The smallest absolute Gasteiger partial charge is 0.229 e. The van der Waals surface area contributed by atoms with Gasteiger partial charge in [0.1, 0.15) is 11.6 Å². The fraction of sp³-hybridized carbons (Fsp3) is 0.222. The monoisotopic (exact) mass is 345 g/mol.